The minimum absolute atomic E-state index is 0.322. The van der Waals surface area contributed by atoms with Crippen molar-refractivity contribution in [2.45, 2.75) is 33.1 Å². The highest BCUT2D eigenvalue weighted by Gasteiger charge is 2.50. The van der Waals surface area contributed by atoms with Crippen molar-refractivity contribution in [1.29, 1.82) is 0 Å². The molecular formula is C11H18O. The predicted molar refractivity (Wildman–Crippen MR) is 49.8 cm³/mol. The number of hydrogen-bond donors (Lipinski definition) is 1. The van der Waals surface area contributed by atoms with Gasteiger partial charge in [-0.05, 0) is 36.5 Å². The molecular weight excluding hydrogens is 148 g/mol. The first-order valence-electron chi connectivity index (χ1n) is 4.96. The molecule has 2 bridgehead atoms. The first kappa shape index (κ1) is 8.31. The molecule has 3 rings (SSSR count). The van der Waals surface area contributed by atoms with Crippen LogP contribution in [0.2, 0.25) is 0 Å². The Labute approximate surface area is 74.5 Å². The number of rotatable bonds is 2. The number of aliphatic hydroxyl groups excluding tert-OH is 1. The zero-order valence-corrected chi connectivity index (χ0v) is 8.01. The van der Waals surface area contributed by atoms with E-state index in [-0.39, 0.29) is 0 Å². The molecule has 3 aliphatic rings. The summed E-state index contributed by atoms with van der Waals surface area (Å²) < 4.78 is 0. The van der Waals surface area contributed by atoms with Crippen LogP contribution in [0.3, 0.4) is 0 Å². The summed E-state index contributed by atoms with van der Waals surface area (Å²) in [5.74, 6) is 1.70. The van der Waals surface area contributed by atoms with Crippen LogP contribution in [0.4, 0.5) is 0 Å². The molecule has 1 fully saturated rings. The molecule has 0 heterocycles. The van der Waals surface area contributed by atoms with Gasteiger partial charge in [-0.25, -0.2) is 0 Å². The van der Waals surface area contributed by atoms with Crippen LogP contribution in [0.1, 0.15) is 33.1 Å². The minimum atomic E-state index is 0.322. The Balaban J connectivity index is 2.13. The lowest BCUT2D eigenvalue weighted by Gasteiger charge is -2.56. The first-order valence-corrected chi connectivity index (χ1v) is 4.96. The van der Waals surface area contributed by atoms with Gasteiger partial charge in [-0.3, -0.25) is 0 Å². The van der Waals surface area contributed by atoms with Crippen molar-refractivity contribution in [3.8, 4) is 0 Å². The van der Waals surface area contributed by atoms with Crippen LogP contribution in [-0.2, 0) is 0 Å². The summed E-state index contributed by atoms with van der Waals surface area (Å²) in [4.78, 5) is 0. The lowest BCUT2D eigenvalue weighted by atomic mass is 9.48. The molecule has 12 heavy (non-hydrogen) atoms. The van der Waals surface area contributed by atoms with Crippen LogP contribution in [0.15, 0.2) is 11.6 Å². The van der Waals surface area contributed by atoms with Gasteiger partial charge in [0.2, 0.25) is 0 Å². The highest BCUT2D eigenvalue weighted by atomic mass is 16.2. The van der Waals surface area contributed by atoms with Crippen LogP contribution in [-0.4, -0.2) is 11.7 Å². The fourth-order valence-electron chi connectivity index (χ4n) is 2.89. The lowest BCUT2D eigenvalue weighted by Crippen LogP contribution is -2.48. The molecule has 1 heteroatoms. The van der Waals surface area contributed by atoms with E-state index in [0.29, 0.717) is 12.0 Å². The van der Waals surface area contributed by atoms with E-state index < -0.39 is 0 Å². The predicted octanol–water partition coefficient (Wildman–Crippen LogP) is 2.36. The van der Waals surface area contributed by atoms with E-state index in [4.69, 9.17) is 5.11 Å². The van der Waals surface area contributed by atoms with Crippen LogP contribution in [0.25, 0.3) is 0 Å². The molecule has 1 unspecified atom stereocenters. The second-order valence-electron chi connectivity index (χ2n) is 4.79. The van der Waals surface area contributed by atoms with Crippen molar-refractivity contribution in [3.05, 3.63) is 11.6 Å². The summed E-state index contributed by atoms with van der Waals surface area (Å²) >= 11 is 0. The van der Waals surface area contributed by atoms with Crippen molar-refractivity contribution < 1.29 is 5.11 Å². The number of allylic oxidation sites excluding steroid dienone is 1. The van der Waals surface area contributed by atoms with Crippen molar-refractivity contribution in [3.63, 3.8) is 0 Å². The second kappa shape index (κ2) is 2.59. The van der Waals surface area contributed by atoms with Gasteiger partial charge in [-0.1, -0.05) is 25.5 Å². The Kier molecular flexibility index (Phi) is 1.80. The summed E-state index contributed by atoms with van der Waals surface area (Å²) in [6, 6.07) is 0. The molecule has 0 aromatic rings. The normalized spacial score (nSPS) is 37.1. The molecule has 0 amide bonds. The SMILES string of the molecule is CC1(C)C2CC=C(CCO)[C@H]1C2. The van der Waals surface area contributed by atoms with E-state index >= 15 is 0 Å². The van der Waals surface area contributed by atoms with Gasteiger partial charge in [0.15, 0.2) is 0 Å². The van der Waals surface area contributed by atoms with E-state index in [2.05, 4.69) is 19.9 Å². The smallest absolute Gasteiger partial charge is 0.0468 e. The number of fused-ring (bicyclic) bond motifs is 1. The number of hydrogen-bond acceptors (Lipinski definition) is 1. The molecule has 1 nitrogen and oxygen atoms in total. The van der Waals surface area contributed by atoms with Gasteiger partial charge in [-0.15, -0.1) is 0 Å². The van der Waals surface area contributed by atoms with Gasteiger partial charge in [-0.2, -0.15) is 0 Å². The van der Waals surface area contributed by atoms with Gasteiger partial charge >= 0.3 is 0 Å². The summed E-state index contributed by atoms with van der Waals surface area (Å²) in [6.07, 6.45) is 5.89. The van der Waals surface area contributed by atoms with Crippen molar-refractivity contribution in [2.75, 3.05) is 6.61 Å². The standard InChI is InChI=1S/C11H18O/c1-11(2)9-4-3-8(5-6-12)10(11)7-9/h3,9-10,12H,4-7H2,1-2H3/t9?,10-/m1/s1. The molecule has 3 aliphatic carbocycles. The molecule has 0 aromatic heterocycles. The zero-order valence-electron chi connectivity index (χ0n) is 8.01. The number of aliphatic hydroxyl groups is 1. The average Bonchev–Trinajstić information content (AvgIpc) is 2.05. The summed E-state index contributed by atoms with van der Waals surface area (Å²) in [5.41, 5.74) is 2.05. The Morgan fingerprint density at radius 3 is 2.83 bits per heavy atom. The summed E-state index contributed by atoms with van der Waals surface area (Å²) in [5, 5.41) is 8.88. The third-order valence-electron chi connectivity index (χ3n) is 3.98. The lowest BCUT2D eigenvalue weighted by molar-refractivity contribution is -0.00943. The van der Waals surface area contributed by atoms with E-state index in [0.717, 1.165) is 18.3 Å². The zero-order chi connectivity index (χ0) is 8.77. The van der Waals surface area contributed by atoms with Gasteiger partial charge in [0.05, 0.1) is 0 Å². The molecule has 0 saturated heterocycles. The van der Waals surface area contributed by atoms with Crippen molar-refractivity contribution >= 4 is 0 Å². The quantitative estimate of drug-likeness (QED) is 0.624. The summed E-state index contributed by atoms with van der Waals surface area (Å²) in [7, 11) is 0. The van der Waals surface area contributed by atoms with E-state index in [9.17, 15) is 0 Å². The van der Waals surface area contributed by atoms with E-state index in [1.54, 1.807) is 0 Å². The topological polar surface area (TPSA) is 20.2 Å². The Morgan fingerprint density at radius 1 is 1.58 bits per heavy atom. The van der Waals surface area contributed by atoms with Gasteiger partial charge < -0.3 is 5.11 Å². The van der Waals surface area contributed by atoms with E-state index in [1.807, 2.05) is 0 Å². The third kappa shape index (κ3) is 0.957. The molecule has 1 saturated carbocycles. The average molecular weight is 166 g/mol. The maximum Gasteiger partial charge on any atom is 0.0468 e. The first-order chi connectivity index (χ1) is 5.66. The van der Waals surface area contributed by atoms with Crippen molar-refractivity contribution in [1.82, 2.24) is 0 Å². The molecule has 68 valence electrons. The van der Waals surface area contributed by atoms with Crippen LogP contribution < -0.4 is 0 Å². The largest absolute Gasteiger partial charge is 0.396 e. The Morgan fingerprint density at radius 2 is 2.33 bits per heavy atom. The van der Waals surface area contributed by atoms with Crippen LogP contribution in [0, 0.1) is 17.3 Å². The monoisotopic (exact) mass is 166 g/mol. The van der Waals surface area contributed by atoms with Crippen LogP contribution >= 0.6 is 0 Å². The van der Waals surface area contributed by atoms with Gasteiger partial charge in [0.25, 0.3) is 0 Å². The Bertz CT molecular complexity index is 215. The van der Waals surface area contributed by atoms with Crippen LogP contribution in [0.5, 0.6) is 0 Å². The van der Waals surface area contributed by atoms with E-state index in [1.165, 1.54) is 18.4 Å². The third-order valence-corrected chi connectivity index (χ3v) is 3.98. The fourth-order valence-corrected chi connectivity index (χ4v) is 2.89. The fraction of sp³-hybridized carbons (Fsp3) is 0.818. The maximum absolute atomic E-state index is 8.88. The summed E-state index contributed by atoms with van der Waals surface area (Å²) in [6.45, 7) is 5.06. The molecule has 0 radical (unpaired) electrons. The molecule has 1 N–H and O–H groups in total. The van der Waals surface area contributed by atoms with Crippen molar-refractivity contribution in [2.24, 2.45) is 17.3 Å². The Hall–Kier alpha value is -0.300. The second-order valence-corrected chi connectivity index (χ2v) is 4.79. The molecule has 0 spiro atoms. The highest BCUT2D eigenvalue weighted by molar-refractivity contribution is 5.23. The maximum atomic E-state index is 8.88. The van der Waals surface area contributed by atoms with Gasteiger partial charge in [0.1, 0.15) is 0 Å². The highest BCUT2D eigenvalue weighted by Crippen LogP contribution is 2.59. The molecule has 2 atom stereocenters. The molecule has 0 aromatic carbocycles. The minimum Gasteiger partial charge on any atom is -0.396 e. The van der Waals surface area contributed by atoms with Gasteiger partial charge in [0, 0.05) is 6.61 Å². The molecule has 0 aliphatic heterocycles.